The minimum atomic E-state index is -0.239. The summed E-state index contributed by atoms with van der Waals surface area (Å²) in [5.41, 5.74) is 5.51. The fraction of sp³-hybridized carbons (Fsp3) is 0.261. The molecule has 0 atom stereocenters. The molecule has 2 aromatic carbocycles. The fourth-order valence-electron chi connectivity index (χ4n) is 2.96. The van der Waals surface area contributed by atoms with E-state index in [4.69, 9.17) is 0 Å². The number of benzene rings is 2. The normalized spacial score (nSPS) is 10.8. The van der Waals surface area contributed by atoms with Crippen molar-refractivity contribution in [2.45, 2.75) is 34.6 Å². The predicted molar refractivity (Wildman–Crippen MR) is 116 cm³/mol. The largest absolute Gasteiger partial charge is 0.326 e. The van der Waals surface area contributed by atoms with Gasteiger partial charge in [-0.1, -0.05) is 32.0 Å². The van der Waals surface area contributed by atoms with Crippen LogP contribution >= 0.6 is 0 Å². The molecule has 0 radical (unpaired) electrons. The van der Waals surface area contributed by atoms with Crippen molar-refractivity contribution in [1.29, 1.82) is 0 Å². The zero-order valence-electron chi connectivity index (χ0n) is 17.4. The Balaban J connectivity index is 1.83. The Morgan fingerprint density at radius 1 is 1.00 bits per heavy atom. The van der Waals surface area contributed by atoms with Gasteiger partial charge in [-0.05, 0) is 56.2 Å². The molecule has 6 nitrogen and oxygen atoms in total. The van der Waals surface area contributed by atoms with Gasteiger partial charge in [0.25, 0.3) is 5.91 Å². The maximum absolute atomic E-state index is 12.9. The molecular weight excluding hydrogens is 364 g/mol. The molecule has 1 aromatic heterocycles. The van der Waals surface area contributed by atoms with Gasteiger partial charge in [-0.2, -0.15) is 5.10 Å². The number of aryl methyl sites for hydroxylation is 2. The first-order valence-corrected chi connectivity index (χ1v) is 9.61. The molecule has 1 heterocycles. The standard InChI is InChI=1S/C23H26N4O2/c1-14(2)22(28)25-18-10-9-16(4)21(12-18)26-23(29)20-13-24-27(17(20)5)19-8-6-7-15(3)11-19/h6-14H,1-5H3,(H,25,28)(H,26,29). The fourth-order valence-corrected chi connectivity index (χ4v) is 2.96. The van der Waals surface area contributed by atoms with E-state index in [1.807, 2.05) is 71.0 Å². The third-order valence-electron chi connectivity index (χ3n) is 4.78. The minimum Gasteiger partial charge on any atom is -0.326 e. The highest BCUT2D eigenvalue weighted by molar-refractivity contribution is 6.05. The van der Waals surface area contributed by atoms with E-state index >= 15 is 0 Å². The second-order valence-electron chi connectivity index (χ2n) is 7.52. The summed E-state index contributed by atoms with van der Waals surface area (Å²) < 4.78 is 1.76. The first-order chi connectivity index (χ1) is 13.8. The SMILES string of the molecule is Cc1cccc(-n2ncc(C(=O)Nc3cc(NC(=O)C(C)C)ccc3C)c2C)c1. The molecule has 29 heavy (non-hydrogen) atoms. The number of amides is 2. The van der Waals surface area contributed by atoms with Crippen LogP contribution in [0.1, 0.15) is 41.0 Å². The van der Waals surface area contributed by atoms with Crippen molar-refractivity contribution in [3.8, 4) is 5.69 Å². The van der Waals surface area contributed by atoms with Crippen molar-refractivity contribution in [2.75, 3.05) is 10.6 Å². The molecular formula is C23H26N4O2. The van der Waals surface area contributed by atoms with Crippen LogP contribution in [0, 0.1) is 26.7 Å². The molecule has 0 saturated heterocycles. The van der Waals surface area contributed by atoms with Crippen molar-refractivity contribution in [3.63, 3.8) is 0 Å². The maximum Gasteiger partial charge on any atom is 0.259 e. The van der Waals surface area contributed by atoms with Crippen molar-refractivity contribution in [1.82, 2.24) is 9.78 Å². The Morgan fingerprint density at radius 2 is 1.76 bits per heavy atom. The monoisotopic (exact) mass is 390 g/mol. The predicted octanol–water partition coefficient (Wildman–Crippen LogP) is 4.64. The Hall–Kier alpha value is -3.41. The van der Waals surface area contributed by atoms with Gasteiger partial charge in [-0.25, -0.2) is 4.68 Å². The van der Waals surface area contributed by atoms with Crippen molar-refractivity contribution < 1.29 is 9.59 Å². The number of rotatable bonds is 5. The highest BCUT2D eigenvalue weighted by atomic mass is 16.2. The molecule has 6 heteroatoms. The van der Waals surface area contributed by atoms with E-state index in [2.05, 4.69) is 15.7 Å². The molecule has 0 spiro atoms. The van der Waals surface area contributed by atoms with E-state index < -0.39 is 0 Å². The molecule has 3 rings (SSSR count). The van der Waals surface area contributed by atoms with Gasteiger partial charge in [0.15, 0.2) is 0 Å². The molecule has 0 aliphatic carbocycles. The van der Waals surface area contributed by atoms with E-state index in [0.29, 0.717) is 16.9 Å². The van der Waals surface area contributed by atoms with Gasteiger partial charge in [-0.15, -0.1) is 0 Å². The van der Waals surface area contributed by atoms with Gasteiger partial charge >= 0.3 is 0 Å². The maximum atomic E-state index is 12.9. The van der Waals surface area contributed by atoms with Crippen molar-refractivity contribution in [3.05, 3.63) is 71.0 Å². The lowest BCUT2D eigenvalue weighted by atomic mass is 10.1. The summed E-state index contributed by atoms with van der Waals surface area (Å²) in [7, 11) is 0. The number of nitrogens with one attached hydrogen (secondary N) is 2. The molecule has 3 aromatic rings. The number of nitrogens with zero attached hydrogens (tertiary/aromatic N) is 2. The topological polar surface area (TPSA) is 76.0 Å². The van der Waals surface area contributed by atoms with Crippen LogP contribution in [-0.2, 0) is 4.79 Å². The van der Waals surface area contributed by atoms with Crippen LogP contribution in [0.3, 0.4) is 0 Å². The summed E-state index contributed by atoms with van der Waals surface area (Å²) >= 11 is 0. The number of carbonyl (C=O) groups excluding carboxylic acids is 2. The number of aromatic nitrogens is 2. The smallest absolute Gasteiger partial charge is 0.259 e. The second-order valence-corrected chi connectivity index (χ2v) is 7.52. The Labute approximate surface area is 170 Å². The molecule has 0 bridgehead atoms. The summed E-state index contributed by atoms with van der Waals surface area (Å²) in [5, 5.41) is 10.2. The van der Waals surface area contributed by atoms with E-state index in [9.17, 15) is 9.59 Å². The lowest BCUT2D eigenvalue weighted by Gasteiger charge is -2.13. The minimum absolute atomic E-state index is 0.0681. The Kier molecular flexibility index (Phi) is 5.82. The van der Waals surface area contributed by atoms with E-state index in [-0.39, 0.29) is 17.7 Å². The molecule has 0 saturated carbocycles. The van der Waals surface area contributed by atoms with Gasteiger partial charge in [0.2, 0.25) is 5.91 Å². The molecule has 2 N–H and O–H groups in total. The van der Waals surface area contributed by atoms with E-state index in [1.165, 1.54) is 0 Å². The average molecular weight is 390 g/mol. The van der Waals surface area contributed by atoms with Crippen LogP contribution < -0.4 is 10.6 Å². The van der Waals surface area contributed by atoms with Crippen LogP contribution in [0.25, 0.3) is 5.69 Å². The van der Waals surface area contributed by atoms with Crippen LogP contribution in [0.15, 0.2) is 48.7 Å². The first kappa shape index (κ1) is 20.3. The van der Waals surface area contributed by atoms with Crippen molar-refractivity contribution >= 4 is 23.2 Å². The average Bonchev–Trinajstić information content (AvgIpc) is 3.05. The molecule has 0 fully saturated rings. The van der Waals surface area contributed by atoms with Gasteiger partial charge in [0, 0.05) is 17.3 Å². The molecule has 2 amide bonds. The first-order valence-electron chi connectivity index (χ1n) is 9.61. The quantitative estimate of drug-likeness (QED) is 0.666. The Bertz CT molecular complexity index is 1070. The molecule has 150 valence electrons. The van der Waals surface area contributed by atoms with Gasteiger partial charge in [-0.3, -0.25) is 9.59 Å². The summed E-state index contributed by atoms with van der Waals surface area (Å²) in [6.07, 6.45) is 1.58. The van der Waals surface area contributed by atoms with Crippen LogP contribution in [0.4, 0.5) is 11.4 Å². The third-order valence-corrected chi connectivity index (χ3v) is 4.78. The summed E-state index contributed by atoms with van der Waals surface area (Å²) in [6.45, 7) is 9.47. The highest BCUT2D eigenvalue weighted by Crippen LogP contribution is 2.23. The molecule has 0 aliphatic rings. The zero-order valence-corrected chi connectivity index (χ0v) is 17.4. The number of hydrogen-bond acceptors (Lipinski definition) is 3. The molecule has 0 unspecified atom stereocenters. The number of hydrogen-bond donors (Lipinski definition) is 2. The molecule has 0 aliphatic heterocycles. The summed E-state index contributed by atoms with van der Waals surface area (Å²) in [4.78, 5) is 24.8. The lowest BCUT2D eigenvalue weighted by molar-refractivity contribution is -0.118. The van der Waals surface area contributed by atoms with Crippen LogP contribution in [0.2, 0.25) is 0 Å². The zero-order chi connectivity index (χ0) is 21.1. The Morgan fingerprint density at radius 3 is 2.45 bits per heavy atom. The number of carbonyl (C=O) groups is 2. The van der Waals surface area contributed by atoms with Crippen LogP contribution in [0.5, 0.6) is 0 Å². The third kappa shape index (κ3) is 4.54. The summed E-state index contributed by atoms with van der Waals surface area (Å²) in [5.74, 6) is -0.428. The van der Waals surface area contributed by atoms with Crippen LogP contribution in [-0.4, -0.2) is 21.6 Å². The van der Waals surface area contributed by atoms with E-state index in [0.717, 1.165) is 22.5 Å². The lowest BCUT2D eigenvalue weighted by Crippen LogP contribution is -2.18. The van der Waals surface area contributed by atoms with Gasteiger partial charge in [0.1, 0.15) is 0 Å². The highest BCUT2D eigenvalue weighted by Gasteiger charge is 2.17. The van der Waals surface area contributed by atoms with E-state index in [1.54, 1.807) is 16.9 Å². The second kappa shape index (κ2) is 8.31. The van der Waals surface area contributed by atoms with Gasteiger partial charge in [0.05, 0.1) is 23.1 Å². The summed E-state index contributed by atoms with van der Waals surface area (Å²) in [6, 6.07) is 13.4. The van der Waals surface area contributed by atoms with Crippen molar-refractivity contribution in [2.24, 2.45) is 5.92 Å². The number of anilines is 2. The van der Waals surface area contributed by atoms with Gasteiger partial charge < -0.3 is 10.6 Å².